The lowest BCUT2D eigenvalue weighted by molar-refractivity contribution is -0.139. The second-order valence-electron chi connectivity index (χ2n) is 7.26. The maximum atomic E-state index is 11.0. The van der Waals surface area contributed by atoms with E-state index in [4.69, 9.17) is 9.84 Å². The summed E-state index contributed by atoms with van der Waals surface area (Å²) in [6, 6.07) is 16.7. The largest absolute Gasteiger partial charge is 0.482 e. The van der Waals surface area contributed by atoms with Crippen molar-refractivity contribution >= 4 is 11.5 Å². The SMILES string of the molecule is Cc1cccc(C2=CC3(CCN(CC(=O)O)CC3)Oc3ccccc32)c1. The van der Waals surface area contributed by atoms with Crippen LogP contribution in [0.3, 0.4) is 0 Å². The number of aliphatic carboxylic acids is 1. The first-order valence-electron chi connectivity index (χ1n) is 9.07. The summed E-state index contributed by atoms with van der Waals surface area (Å²) in [4.78, 5) is 13.0. The molecule has 0 atom stereocenters. The molecule has 2 aliphatic rings. The molecule has 2 heterocycles. The molecule has 0 bridgehead atoms. The molecule has 0 saturated carbocycles. The number of ether oxygens (including phenoxy) is 1. The summed E-state index contributed by atoms with van der Waals surface area (Å²) in [5.74, 6) is 0.144. The second-order valence-corrected chi connectivity index (χ2v) is 7.26. The van der Waals surface area contributed by atoms with Gasteiger partial charge in [0.1, 0.15) is 11.4 Å². The summed E-state index contributed by atoms with van der Waals surface area (Å²) in [6.07, 6.45) is 3.86. The molecule has 4 heteroatoms. The van der Waals surface area contributed by atoms with E-state index >= 15 is 0 Å². The summed E-state index contributed by atoms with van der Waals surface area (Å²) < 4.78 is 6.45. The first-order valence-corrected chi connectivity index (χ1v) is 9.07. The molecule has 2 aliphatic heterocycles. The topological polar surface area (TPSA) is 49.8 Å². The molecule has 1 N–H and O–H groups in total. The number of fused-ring (bicyclic) bond motifs is 1. The minimum Gasteiger partial charge on any atom is -0.482 e. The standard InChI is InChI=1S/C22H23NO3/c1-16-5-4-6-17(13-16)19-14-22(26-20-8-3-2-7-18(19)20)9-11-23(12-10-22)15-21(24)25/h2-8,13-14H,9-12,15H2,1H3,(H,24,25). The van der Waals surface area contributed by atoms with Gasteiger partial charge in [0, 0.05) is 31.5 Å². The molecule has 1 fully saturated rings. The van der Waals surface area contributed by atoms with E-state index in [0.717, 1.165) is 37.2 Å². The molecule has 26 heavy (non-hydrogen) atoms. The number of carbonyl (C=O) groups is 1. The van der Waals surface area contributed by atoms with Gasteiger partial charge in [-0.05, 0) is 30.2 Å². The first-order chi connectivity index (χ1) is 12.5. The van der Waals surface area contributed by atoms with Crippen LogP contribution in [0.5, 0.6) is 5.75 Å². The Bertz CT molecular complexity index is 863. The summed E-state index contributed by atoms with van der Waals surface area (Å²) in [5.41, 5.74) is 4.41. The molecule has 1 saturated heterocycles. The molecular weight excluding hydrogens is 326 g/mol. The second kappa shape index (κ2) is 6.61. The third-order valence-corrected chi connectivity index (χ3v) is 5.29. The normalized spacial score (nSPS) is 18.7. The van der Waals surface area contributed by atoms with Gasteiger partial charge in [-0.3, -0.25) is 9.69 Å². The fraction of sp³-hybridized carbons (Fsp3) is 0.318. The predicted molar refractivity (Wildman–Crippen MR) is 101 cm³/mol. The van der Waals surface area contributed by atoms with Gasteiger partial charge >= 0.3 is 5.97 Å². The number of aryl methyl sites for hydroxylation is 1. The van der Waals surface area contributed by atoms with Crippen molar-refractivity contribution in [1.82, 2.24) is 4.90 Å². The third kappa shape index (κ3) is 3.25. The number of rotatable bonds is 3. The van der Waals surface area contributed by atoms with Crippen LogP contribution in [0.15, 0.2) is 54.6 Å². The molecule has 4 nitrogen and oxygen atoms in total. The summed E-state index contributed by atoms with van der Waals surface area (Å²) in [6.45, 7) is 3.66. The van der Waals surface area contributed by atoms with E-state index in [1.807, 2.05) is 23.1 Å². The van der Waals surface area contributed by atoms with Crippen molar-refractivity contribution in [1.29, 1.82) is 0 Å². The number of benzene rings is 2. The number of hydrogen-bond acceptors (Lipinski definition) is 3. The van der Waals surface area contributed by atoms with Crippen molar-refractivity contribution in [2.75, 3.05) is 19.6 Å². The van der Waals surface area contributed by atoms with Gasteiger partial charge in [-0.25, -0.2) is 0 Å². The maximum absolute atomic E-state index is 11.0. The first kappa shape index (κ1) is 16.9. The molecule has 0 amide bonds. The quantitative estimate of drug-likeness (QED) is 0.917. The monoisotopic (exact) mass is 349 g/mol. The fourth-order valence-electron chi connectivity index (χ4n) is 3.95. The average molecular weight is 349 g/mol. The Morgan fingerprint density at radius 2 is 1.92 bits per heavy atom. The molecule has 134 valence electrons. The number of nitrogens with zero attached hydrogens (tertiary/aromatic N) is 1. The number of likely N-dealkylation sites (tertiary alicyclic amines) is 1. The van der Waals surface area contributed by atoms with Crippen LogP contribution in [0.4, 0.5) is 0 Å². The molecule has 2 aromatic carbocycles. The van der Waals surface area contributed by atoms with Crippen molar-refractivity contribution in [3.05, 3.63) is 71.3 Å². The number of para-hydroxylation sites is 1. The van der Waals surface area contributed by atoms with Crippen LogP contribution >= 0.6 is 0 Å². The zero-order chi connectivity index (χ0) is 18.1. The van der Waals surface area contributed by atoms with E-state index in [0.29, 0.717) is 0 Å². The van der Waals surface area contributed by atoms with Crippen molar-refractivity contribution in [2.45, 2.75) is 25.4 Å². The van der Waals surface area contributed by atoms with E-state index in [1.54, 1.807) is 0 Å². The van der Waals surface area contributed by atoms with Gasteiger partial charge in [0.2, 0.25) is 0 Å². The summed E-state index contributed by atoms with van der Waals surface area (Å²) >= 11 is 0. The van der Waals surface area contributed by atoms with Crippen LogP contribution in [-0.2, 0) is 4.79 Å². The maximum Gasteiger partial charge on any atom is 0.317 e. The number of carboxylic acid groups (broad SMARTS) is 1. The van der Waals surface area contributed by atoms with Crippen LogP contribution in [0.1, 0.15) is 29.5 Å². The number of carboxylic acids is 1. The molecule has 0 aliphatic carbocycles. The Kier molecular flexibility index (Phi) is 4.29. The lowest BCUT2D eigenvalue weighted by atomic mass is 9.82. The zero-order valence-corrected chi connectivity index (χ0v) is 14.9. The van der Waals surface area contributed by atoms with Gasteiger partial charge in [-0.15, -0.1) is 0 Å². The minimum absolute atomic E-state index is 0.0983. The van der Waals surface area contributed by atoms with Gasteiger partial charge in [0.25, 0.3) is 0 Å². The van der Waals surface area contributed by atoms with E-state index in [2.05, 4.69) is 43.3 Å². The average Bonchev–Trinajstić information content (AvgIpc) is 2.63. The van der Waals surface area contributed by atoms with Gasteiger partial charge in [-0.2, -0.15) is 0 Å². The fourth-order valence-corrected chi connectivity index (χ4v) is 3.95. The van der Waals surface area contributed by atoms with Crippen LogP contribution in [0.25, 0.3) is 5.57 Å². The Balaban J connectivity index is 1.70. The smallest absolute Gasteiger partial charge is 0.317 e. The van der Waals surface area contributed by atoms with Crippen LogP contribution < -0.4 is 4.74 Å². The van der Waals surface area contributed by atoms with Crippen LogP contribution in [0.2, 0.25) is 0 Å². The van der Waals surface area contributed by atoms with Crippen LogP contribution in [-0.4, -0.2) is 41.2 Å². The lowest BCUT2D eigenvalue weighted by Gasteiger charge is -2.42. The Morgan fingerprint density at radius 3 is 2.65 bits per heavy atom. The highest BCUT2D eigenvalue weighted by molar-refractivity contribution is 5.85. The minimum atomic E-state index is -0.771. The third-order valence-electron chi connectivity index (χ3n) is 5.29. The van der Waals surface area contributed by atoms with Crippen molar-refractivity contribution in [3.8, 4) is 5.75 Å². The van der Waals surface area contributed by atoms with Crippen LogP contribution in [0, 0.1) is 6.92 Å². The van der Waals surface area contributed by atoms with Crippen molar-refractivity contribution in [3.63, 3.8) is 0 Å². The van der Waals surface area contributed by atoms with Gasteiger partial charge in [-0.1, -0.05) is 48.0 Å². The van der Waals surface area contributed by atoms with Gasteiger partial charge < -0.3 is 9.84 Å². The Hall–Kier alpha value is -2.59. The van der Waals surface area contributed by atoms with E-state index < -0.39 is 5.97 Å². The highest BCUT2D eigenvalue weighted by Gasteiger charge is 2.39. The van der Waals surface area contributed by atoms with Gasteiger partial charge in [0.05, 0.1) is 6.54 Å². The molecule has 0 unspecified atom stereocenters. The summed E-state index contributed by atoms with van der Waals surface area (Å²) in [5, 5.41) is 9.03. The molecular formula is C22H23NO3. The molecule has 1 spiro atoms. The molecule has 0 radical (unpaired) electrons. The van der Waals surface area contributed by atoms with E-state index in [-0.39, 0.29) is 12.1 Å². The zero-order valence-electron chi connectivity index (χ0n) is 14.9. The highest BCUT2D eigenvalue weighted by Crippen LogP contribution is 2.43. The molecule has 4 rings (SSSR count). The van der Waals surface area contributed by atoms with E-state index in [9.17, 15) is 4.79 Å². The van der Waals surface area contributed by atoms with Crippen molar-refractivity contribution in [2.24, 2.45) is 0 Å². The van der Waals surface area contributed by atoms with Crippen molar-refractivity contribution < 1.29 is 14.6 Å². The number of hydrogen-bond donors (Lipinski definition) is 1. The van der Waals surface area contributed by atoms with Gasteiger partial charge in [0.15, 0.2) is 0 Å². The molecule has 2 aromatic rings. The Morgan fingerprint density at radius 1 is 1.15 bits per heavy atom. The van der Waals surface area contributed by atoms with E-state index in [1.165, 1.54) is 16.7 Å². The Labute approximate surface area is 153 Å². The molecule has 0 aromatic heterocycles. The number of piperidine rings is 1. The lowest BCUT2D eigenvalue weighted by Crippen LogP contribution is -2.49. The summed E-state index contributed by atoms with van der Waals surface area (Å²) in [7, 11) is 0. The predicted octanol–water partition coefficient (Wildman–Crippen LogP) is 3.74. The highest BCUT2D eigenvalue weighted by atomic mass is 16.5.